The minimum absolute atomic E-state index is 0.280. The lowest BCUT2D eigenvalue weighted by Gasteiger charge is -2.26. The van der Waals surface area contributed by atoms with Crippen molar-refractivity contribution in [2.45, 2.75) is 56.7 Å². The Balaban J connectivity index is 1.98. The summed E-state index contributed by atoms with van der Waals surface area (Å²) < 4.78 is 0. The molecule has 0 saturated heterocycles. The molecule has 0 bridgehead atoms. The van der Waals surface area contributed by atoms with Crippen LogP contribution in [0.4, 0.5) is 0 Å². The summed E-state index contributed by atoms with van der Waals surface area (Å²) in [5.41, 5.74) is 6.42. The first-order valence-electron chi connectivity index (χ1n) is 9.67. The van der Waals surface area contributed by atoms with Crippen LogP contribution in [0.3, 0.4) is 0 Å². The molecule has 1 aliphatic carbocycles. The molecule has 1 aliphatic rings. The largest absolute Gasteiger partial charge is 0.394 e. The Morgan fingerprint density at radius 3 is 2.41 bits per heavy atom. The predicted octanol–water partition coefficient (Wildman–Crippen LogP) is 0.0909. The molecule has 2 amide bonds. The number of benzene rings is 1. The van der Waals surface area contributed by atoms with Gasteiger partial charge in [0, 0.05) is 6.54 Å². The average molecular weight is 377 g/mol. The fourth-order valence-electron chi connectivity index (χ4n) is 3.41. The normalized spacial score (nSPS) is 18.3. The number of hydrogen-bond acceptors (Lipinski definition) is 5. The molecule has 0 aromatic heterocycles. The van der Waals surface area contributed by atoms with E-state index in [2.05, 4.69) is 10.6 Å². The SMILES string of the molecule is N[C@@H](CO)C(=O)N[C@@H](Cc1ccccc1)[C@H](O)C(=O)NCC1CCCCC1. The van der Waals surface area contributed by atoms with Gasteiger partial charge in [-0.2, -0.15) is 0 Å². The van der Waals surface area contributed by atoms with Gasteiger partial charge in [-0.25, -0.2) is 0 Å². The summed E-state index contributed by atoms with van der Waals surface area (Å²) in [6, 6.07) is 7.36. The van der Waals surface area contributed by atoms with Crippen LogP contribution >= 0.6 is 0 Å². The van der Waals surface area contributed by atoms with Gasteiger partial charge in [0.2, 0.25) is 5.91 Å². The van der Waals surface area contributed by atoms with Crippen LogP contribution in [0.25, 0.3) is 0 Å². The second-order valence-corrected chi connectivity index (χ2v) is 7.29. The predicted molar refractivity (Wildman–Crippen MR) is 103 cm³/mol. The van der Waals surface area contributed by atoms with Crippen LogP contribution in [0, 0.1) is 5.92 Å². The zero-order valence-corrected chi connectivity index (χ0v) is 15.6. The Bertz CT molecular complexity index is 590. The molecule has 3 atom stereocenters. The van der Waals surface area contributed by atoms with E-state index < -0.39 is 36.6 Å². The van der Waals surface area contributed by atoms with E-state index in [4.69, 9.17) is 10.8 Å². The van der Waals surface area contributed by atoms with Gasteiger partial charge in [-0.15, -0.1) is 0 Å². The van der Waals surface area contributed by atoms with E-state index in [1.807, 2.05) is 30.3 Å². The molecule has 1 aromatic rings. The Morgan fingerprint density at radius 1 is 1.11 bits per heavy atom. The Hall–Kier alpha value is -1.96. The fraction of sp³-hybridized carbons (Fsp3) is 0.600. The minimum Gasteiger partial charge on any atom is -0.394 e. The van der Waals surface area contributed by atoms with Gasteiger partial charge < -0.3 is 26.6 Å². The summed E-state index contributed by atoms with van der Waals surface area (Å²) in [7, 11) is 0. The zero-order chi connectivity index (χ0) is 19.6. The monoisotopic (exact) mass is 377 g/mol. The molecule has 1 aromatic carbocycles. The maximum Gasteiger partial charge on any atom is 0.251 e. The highest BCUT2D eigenvalue weighted by Crippen LogP contribution is 2.22. The Kier molecular flexibility index (Phi) is 8.71. The number of nitrogens with one attached hydrogen (secondary N) is 2. The lowest BCUT2D eigenvalue weighted by Crippen LogP contribution is -2.55. The molecule has 150 valence electrons. The van der Waals surface area contributed by atoms with E-state index in [1.165, 1.54) is 19.3 Å². The van der Waals surface area contributed by atoms with Gasteiger partial charge in [0.15, 0.2) is 6.10 Å². The third-order valence-corrected chi connectivity index (χ3v) is 5.10. The molecule has 6 N–H and O–H groups in total. The third-order valence-electron chi connectivity index (χ3n) is 5.10. The van der Waals surface area contributed by atoms with Crippen molar-refractivity contribution in [3.05, 3.63) is 35.9 Å². The van der Waals surface area contributed by atoms with Crippen molar-refractivity contribution in [3.63, 3.8) is 0 Å². The topological polar surface area (TPSA) is 125 Å². The van der Waals surface area contributed by atoms with Gasteiger partial charge in [-0.05, 0) is 30.7 Å². The van der Waals surface area contributed by atoms with E-state index in [0.717, 1.165) is 18.4 Å². The number of aliphatic hydroxyl groups excluding tert-OH is 2. The number of hydrogen-bond donors (Lipinski definition) is 5. The fourth-order valence-corrected chi connectivity index (χ4v) is 3.41. The van der Waals surface area contributed by atoms with E-state index in [1.54, 1.807) is 0 Å². The van der Waals surface area contributed by atoms with Gasteiger partial charge in [0.1, 0.15) is 6.04 Å². The van der Waals surface area contributed by atoms with Crippen LogP contribution in [0.1, 0.15) is 37.7 Å². The van der Waals surface area contributed by atoms with Crippen molar-refractivity contribution < 1.29 is 19.8 Å². The highest BCUT2D eigenvalue weighted by molar-refractivity contribution is 5.85. The lowest BCUT2D eigenvalue weighted by molar-refractivity contribution is -0.132. The lowest BCUT2D eigenvalue weighted by atomic mass is 9.89. The average Bonchev–Trinajstić information content (AvgIpc) is 2.71. The molecule has 0 radical (unpaired) electrons. The Morgan fingerprint density at radius 2 is 1.78 bits per heavy atom. The maximum atomic E-state index is 12.4. The summed E-state index contributed by atoms with van der Waals surface area (Å²) in [6.07, 6.45) is 4.65. The molecule has 0 spiro atoms. The summed E-state index contributed by atoms with van der Waals surface area (Å²) >= 11 is 0. The summed E-state index contributed by atoms with van der Waals surface area (Å²) in [5.74, 6) is -0.656. The molecule has 7 heteroatoms. The molecule has 0 aliphatic heterocycles. The van der Waals surface area contributed by atoms with E-state index in [0.29, 0.717) is 12.5 Å². The van der Waals surface area contributed by atoms with Crippen LogP contribution in [0.5, 0.6) is 0 Å². The zero-order valence-electron chi connectivity index (χ0n) is 15.6. The van der Waals surface area contributed by atoms with Crippen molar-refractivity contribution in [3.8, 4) is 0 Å². The van der Waals surface area contributed by atoms with Crippen LogP contribution in [0.2, 0.25) is 0 Å². The number of aliphatic hydroxyl groups is 2. The Labute approximate surface area is 160 Å². The summed E-state index contributed by atoms with van der Waals surface area (Å²) in [6.45, 7) is 0.0336. The first-order chi connectivity index (χ1) is 13.0. The van der Waals surface area contributed by atoms with Crippen molar-refractivity contribution in [1.29, 1.82) is 0 Å². The van der Waals surface area contributed by atoms with Gasteiger partial charge in [-0.1, -0.05) is 49.6 Å². The molecular weight excluding hydrogens is 346 g/mol. The molecule has 27 heavy (non-hydrogen) atoms. The van der Waals surface area contributed by atoms with Crippen LogP contribution < -0.4 is 16.4 Å². The van der Waals surface area contributed by atoms with Gasteiger partial charge >= 0.3 is 0 Å². The smallest absolute Gasteiger partial charge is 0.251 e. The molecule has 2 rings (SSSR count). The highest BCUT2D eigenvalue weighted by Gasteiger charge is 2.29. The number of carbonyl (C=O) groups excluding carboxylic acids is 2. The summed E-state index contributed by atoms with van der Waals surface area (Å²) in [5, 5.41) is 25.0. The van der Waals surface area contributed by atoms with Crippen molar-refractivity contribution in [2.75, 3.05) is 13.2 Å². The molecule has 1 fully saturated rings. The van der Waals surface area contributed by atoms with Crippen LogP contribution in [0.15, 0.2) is 30.3 Å². The number of amides is 2. The number of nitrogens with two attached hydrogens (primary N) is 1. The van der Waals surface area contributed by atoms with Gasteiger partial charge in [0.05, 0.1) is 12.6 Å². The standard InChI is InChI=1S/C20H31N3O4/c21-16(13-24)19(26)23-17(11-14-7-3-1-4-8-14)18(25)20(27)22-12-15-9-5-2-6-10-15/h1,3-4,7-8,15-18,24-25H,2,5-6,9-13,21H2,(H,22,27)(H,23,26)/t16-,17-,18-/m0/s1. The third kappa shape index (κ3) is 6.93. The molecule has 1 saturated carbocycles. The second kappa shape index (κ2) is 11.0. The quantitative estimate of drug-likeness (QED) is 0.417. The first-order valence-corrected chi connectivity index (χ1v) is 9.67. The number of rotatable bonds is 9. The minimum atomic E-state index is -1.40. The first kappa shape index (κ1) is 21.3. The van der Waals surface area contributed by atoms with E-state index in [9.17, 15) is 14.7 Å². The molecule has 0 heterocycles. The van der Waals surface area contributed by atoms with Crippen LogP contribution in [-0.4, -0.2) is 53.4 Å². The molecule has 0 unspecified atom stereocenters. The molecular formula is C20H31N3O4. The van der Waals surface area contributed by atoms with Crippen molar-refractivity contribution in [1.82, 2.24) is 10.6 Å². The van der Waals surface area contributed by atoms with Crippen molar-refractivity contribution >= 4 is 11.8 Å². The summed E-state index contributed by atoms with van der Waals surface area (Å²) in [4.78, 5) is 24.5. The van der Waals surface area contributed by atoms with Crippen molar-refractivity contribution in [2.24, 2.45) is 11.7 Å². The van der Waals surface area contributed by atoms with E-state index >= 15 is 0 Å². The van der Waals surface area contributed by atoms with Gasteiger partial charge in [-0.3, -0.25) is 9.59 Å². The highest BCUT2D eigenvalue weighted by atomic mass is 16.3. The van der Waals surface area contributed by atoms with Gasteiger partial charge in [0.25, 0.3) is 5.91 Å². The maximum absolute atomic E-state index is 12.4. The molecule has 7 nitrogen and oxygen atoms in total. The number of carbonyl (C=O) groups is 2. The van der Waals surface area contributed by atoms with E-state index in [-0.39, 0.29) is 6.42 Å². The second-order valence-electron chi connectivity index (χ2n) is 7.29. The van der Waals surface area contributed by atoms with Crippen LogP contribution in [-0.2, 0) is 16.0 Å².